The number of methoxy groups -OCH3 is 1. The summed E-state index contributed by atoms with van der Waals surface area (Å²) in [6, 6.07) is -0.0741. The third kappa shape index (κ3) is 1.06. The van der Waals surface area contributed by atoms with E-state index in [0.717, 1.165) is 5.76 Å². The minimum atomic E-state index is -0.245. The Hall–Kier alpha value is -0.800. The first-order chi connectivity index (χ1) is 5.74. The standard InChI is InChI=1S/C9H13NO2/c1-12-5-2-3-6-8(9(6)11)7(10)4-5/h2-4,6-9,11H,10H2,1H3. The van der Waals surface area contributed by atoms with Crippen LogP contribution in [-0.2, 0) is 4.74 Å². The van der Waals surface area contributed by atoms with Gasteiger partial charge in [0.1, 0.15) is 5.76 Å². The van der Waals surface area contributed by atoms with Crippen LogP contribution in [0.5, 0.6) is 0 Å². The minimum absolute atomic E-state index is 0.0741. The molecule has 0 heterocycles. The Kier molecular flexibility index (Phi) is 1.70. The molecule has 1 fully saturated rings. The Morgan fingerprint density at radius 3 is 3.00 bits per heavy atom. The summed E-state index contributed by atoms with van der Waals surface area (Å²) in [6.07, 6.45) is 5.46. The molecule has 0 aliphatic heterocycles. The smallest absolute Gasteiger partial charge is 0.116 e. The average Bonchev–Trinajstić information content (AvgIpc) is 2.72. The van der Waals surface area contributed by atoms with Crippen LogP contribution in [0.3, 0.4) is 0 Å². The van der Waals surface area contributed by atoms with E-state index in [1.807, 2.05) is 18.2 Å². The molecular weight excluding hydrogens is 154 g/mol. The molecule has 0 saturated heterocycles. The summed E-state index contributed by atoms with van der Waals surface area (Å²) in [5, 5.41) is 9.38. The van der Waals surface area contributed by atoms with Crippen LogP contribution in [-0.4, -0.2) is 24.4 Å². The zero-order chi connectivity index (χ0) is 8.72. The highest BCUT2D eigenvalue weighted by Crippen LogP contribution is 2.44. The molecule has 66 valence electrons. The predicted octanol–water partition coefficient (Wildman–Crippen LogP) is 0.0207. The molecule has 3 N–H and O–H groups in total. The van der Waals surface area contributed by atoms with E-state index in [0.29, 0.717) is 0 Å². The van der Waals surface area contributed by atoms with Crippen LogP contribution in [0.15, 0.2) is 24.0 Å². The Morgan fingerprint density at radius 2 is 2.33 bits per heavy atom. The lowest BCUT2D eigenvalue weighted by Crippen LogP contribution is -2.22. The maximum absolute atomic E-state index is 9.38. The van der Waals surface area contributed by atoms with Gasteiger partial charge < -0.3 is 15.6 Å². The lowest BCUT2D eigenvalue weighted by atomic mass is 10.1. The van der Waals surface area contributed by atoms with Crippen molar-refractivity contribution >= 4 is 0 Å². The molecule has 3 nitrogen and oxygen atoms in total. The summed E-state index contributed by atoms with van der Waals surface area (Å²) in [7, 11) is 1.62. The fourth-order valence-electron chi connectivity index (χ4n) is 1.77. The Balaban J connectivity index is 2.17. The number of aliphatic hydroxyl groups excluding tert-OH is 1. The highest BCUT2D eigenvalue weighted by Gasteiger charge is 2.51. The van der Waals surface area contributed by atoms with Crippen molar-refractivity contribution in [2.75, 3.05) is 7.11 Å². The Morgan fingerprint density at radius 1 is 1.58 bits per heavy atom. The fourth-order valence-corrected chi connectivity index (χ4v) is 1.77. The van der Waals surface area contributed by atoms with Crippen molar-refractivity contribution in [3.8, 4) is 0 Å². The van der Waals surface area contributed by atoms with Gasteiger partial charge in [-0.25, -0.2) is 0 Å². The van der Waals surface area contributed by atoms with Crippen molar-refractivity contribution in [3.05, 3.63) is 24.0 Å². The number of fused-ring (bicyclic) bond motifs is 1. The van der Waals surface area contributed by atoms with E-state index < -0.39 is 0 Å². The van der Waals surface area contributed by atoms with Crippen LogP contribution in [0.25, 0.3) is 0 Å². The molecule has 0 aromatic rings. The summed E-state index contributed by atoms with van der Waals surface area (Å²) >= 11 is 0. The molecule has 0 aromatic heterocycles. The van der Waals surface area contributed by atoms with E-state index >= 15 is 0 Å². The van der Waals surface area contributed by atoms with Gasteiger partial charge in [0.25, 0.3) is 0 Å². The van der Waals surface area contributed by atoms with Gasteiger partial charge in [-0.2, -0.15) is 0 Å². The summed E-state index contributed by atoms with van der Waals surface area (Å²) in [5.74, 6) is 1.24. The number of hydrogen-bond acceptors (Lipinski definition) is 3. The lowest BCUT2D eigenvalue weighted by Gasteiger charge is -2.05. The van der Waals surface area contributed by atoms with Gasteiger partial charge in [0.15, 0.2) is 0 Å². The summed E-state index contributed by atoms with van der Waals surface area (Å²) in [6.45, 7) is 0. The van der Waals surface area contributed by atoms with E-state index in [-0.39, 0.29) is 24.0 Å². The third-order valence-corrected chi connectivity index (χ3v) is 2.61. The van der Waals surface area contributed by atoms with E-state index in [1.54, 1.807) is 7.11 Å². The van der Waals surface area contributed by atoms with Gasteiger partial charge in [0.2, 0.25) is 0 Å². The van der Waals surface area contributed by atoms with Gasteiger partial charge in [0.05, 0.1) is 13.2 Å². The van der Waals surface area contributed by atoms with Crippen molar-refractivity contribution in [2.24, 2.45) is 17.6 Å². The molecule has 0 amide bonds. The van der Waals surface area contributed by atoms with Gasteiger partial charge in [-0.15, -0.1) is 0 Å². The van der Waals surface area contributed by atoms with Gasteiger partial charge in [-0.05, 0) is 12.2 Å². The number of allylic oxidation sites excluding steroid dienone is 1. The minimum Gasteiger partial charge on any atom is -0.497 e. The monoisotopic (exact) mass is 167 g/mol. The maximum Gasteiger partial charge on any atom is 0.116 e. The fraction of sp³-hybridized carbons (Fsp3) is 0.556. The average molecular weight is 167 g/mol. The highest BCUT2D eigenvalue weighted by molar-refractivity contribution is 5.27. The second-order valence-electron chi connectivity index (χ2n) is 3.35. The van der Waals surface area contributed by atoms with E-state index in [9.17, 15) is 5.11 Å². The predicted molar refractivity (Wildman–Crippen MR) is 45.2 cm³/mol. The number of nitrogens with two attached hydrogens (primary N) is 1. The van der Waals surface area contributed by atoms with Crippen molar-refractivity contribution < 1.29 is 9.84 Å². The molecule has 2 aliphatic rings. The van der Waals surface area contributed by atoms with E-state index in [4.69, 9.17) is 10.5 Å². The molecule has 4 unspecified atom stereocenters. The van der Waals surface area contributed by atoms with Crippen LogP contribution in [0.4, 0.5) is 0 Å². The molecule has 2 rings (SSSR count). The van der Waals surface area contributed by atoms with Gasteiger partial charge in [-0.3, -0.25) is 0 Å². The normalized spacial score (nSPS) is 44.4. The van der Waals surface area contributed by atoms with Crippen molar-refractivity contribution in [1.82, 2.24) is 0 Å². The summed E-state index contributed by atoms with van der Waals surface area (Å²) in [5.41, 5.74) is 5.82. The number of aliphatic hydroxyl groups is 1. The van der Waals surface area contributed by atoms with Crippen molar-refractivity contribution in [3.63, 3.8) is 0 Å². The molecule has 0 bridgehead atoms. The molecule has 0 spiro atoms. The largest absolute Gasteiger partial charge is 0.497 e. The van der Waals surface area contributed by atoms with E-state index in [1.165, 1.54) is 0 Å². The SMILES string of the molecule is COC1=CC(N)C2C(O)C2C=C1. The summed E-state index contributed by atoms with van der Waals surface area (Å²) < 4.78 is 5.06. The number of hydrogen-bond donors (Lipinski definition) is 2. The van der Waals surface area contributed by atoms with Gasteiger partial charge >= 0.3 is 0 Å². The topological polar surface area (TPSA) is 55.5 Å². The first kappa shape index (κ1) is 7.83. The van der Waals surface area contributed by atoms with Gasteiger partial charge in [-0.1, -0.05) is 6.08 Å². The maximum atomic E-state index is 9.38. The molecular formula is C9H13NO2. The first-order valence-corrected chi connectivity index (χ1v) is 4.11. The van der Waals surface area contributed by atoms with Crippen LogP contribution in [0.1, 0.15) is 0 Å². The van der Waals surface area contributed by atoms with Crippen molar-refractivity contribution in [1.29, 1.82) is 0 Å². The molecule has 12 heavy (non-hydrogen) atoms. The molecule has 0 radical (unpaired) electrons. The van der Waals surface area contributed by atoms with Crippen molar-refractivity contribution in [2.45, 2.75) is 12.1 Å². The second kappa shape index (κ2) is 2.61. The quantitative estimate of drug-likeness (QED) is 0.579. The zero-order valence-corrected chi connectivity index (χ0v) is 6.97. The third-order valence-electron chi connectivity index (χ3n) is 2.61. The van der Waals surface area contributed by atoms with Crippen LogP contribution >= 0.6 is 0 Å². The molecule has 3 heteroatoms. The second-order valence-corrected chi connectivity index (χ2v) is 3.35. The van der Waals surface area contributed by atoms with Gasteiger partial charge in [0, 0.05) is 17.9 Å². The van der Waals surface area contributed by atoms with Crippen LogP contribution in [0, 0.1) is 11.8 Å². The highest BCUT2D eigenvalue weighted by atomic mass is 16.5. The molecule has 2 aliphatic carbocycles. The first-order valence-electron chi connectivity index (χ1n) is 4.11. The Labute approximate surface area is 71.5 Å². The molecule has 0 aromatic carbocycles. The molecule has 4 atom stereocenters. The zero-order valence-electron chi connectivity index (χ0n) is 6.97. The van der Waals surface area contributed by atoms with Crippen LogP contribution in [0.2, 0.25) is 0 Å². The number of rotatable bonds is 1. The molecule has 1 saturated carbocycles. The lowest BCUT2D eigenvalue weighted by molar-refractivity contribution is 0.247. The summed E-state index contributed by atoms with van der Waals surface area (Å²) in [4.78, 5) is 0. The Bertz CT molecular complexity index is 247. The van der Waals surface area contributed by atoms with E-state index in [2.05, 4.69) is 0 Å². The van der Waals surface area contributed by atoms with Crippen LogP contribution < -0.4 is 5.73 Å². The number of ether oxygens (including phenoxy) is 1.